The summed E-state index contributed by atoms with van der Waals surface area (Å²) in [6, 6.07) is 12.4. The maximum atomic E-state index is 12.7. The lowest BCUT2D eigenvalue weighted by atomic mass is 9.95. The number of alkyl halides is 3. The number of hydrogen-bond donors (Lipinski definition) is 1. The molecule has 0 amide bonds. The largest absolute Gasteiger partial charge is 0.478 e. The molecule has 0 fully saturated rings. The first kappa shape index (κ1) is 18.5. The number of rotatable bonds is 5. The average molecular weight is 346 g/mol. The highest BCUT2D eigenvalue weighted by atomic mass is 19.4. The van der Waals surface area contributed by atoms with Gasteiger partial charge < -0.3 is 5.11 Å². The number of aryl methyl sites for hydroxylation is 1. The molecule has 2 aromatic carbocycles. The van der Waals surface area contributed by atoms with E-state index in [2.05, 4.69) is 0 Å². The molecule has 0 unspecified atom stereocenters. The fourth-order valence-electron chi connectivity index (χ4n) is 2.34. The van der Waals surface area contributed by atoms with E-state index >= 15 is 0 Å². The van der Waals surface area contributed by atoms with Gasteiger partial charge in [0.1, 0.15) is 0 Å². The van der Waals surface area contributed by atoms with E-state index in [4.69, 9.17) is 5.11 Å². The number of halogens is 3. The molecular formula is C20H17F3O2. The van der Waals surface area contributed by atoms with E-state index in [9.17, 15) is 18.0 Å². The second-order valence-electron chi connectivity index (χ2n) is 5.40. The summed E-state index contributed by atoms with van der Waals surface area (Å²) in [7, 11) is 0. The predicted octanol–water partition coefficient (Wildman–Crippen LogP) is 5.34. The first-order valence-electron chi connectivity index (χ1n) is 7.69. The molecule has 2 rings (SSSR count). The van der Waals surface area contributed by atoms with Crippen LogP contribution in [0.2, 0.25) is 0 Å². The molecular weight excluding hydrogens is 329 g/mol. The molecule has 0 atom stereocenters. The van der Waals surface area contributed by atoms with Gasteiger partial charge in [0, 0.05) is 6.08 Å². The van der Waals surface area contributed by atoms with Gasteiger partial charge >= 0.3 is 12.1 Å². The van der Waals surface area contributed by atoms with Crippen molar-refractivity contribution in [2.24, 2.45) is 0 Å². The van der Waals surface area contributed by atoms with Gasteiger partial charge in [-0.2, -0.15) is 13.2 Å². The van der Waals surface area contributed by atoms with Crippen LogP contribution in [0.4, 0.5) is 13.2 Å². The molecule has 0 aromatic heterocycles. The first-order chi connectivity index (χ1) is 11.8. The summed E-state index contributed by atoms with van der Waals surface area (Å²) in [5.41, 5.74) is 2.43. The second-order valence-corrected chi connectivity index (χ2v) is 5.40. The van der Waals surface area contributed by atoms with Crippen LogP contribution in [0.25, 0.3) is 5.57 Å². The van der Waals surface area contributed by atoms with Crippen LogP contribution in [-0.2, 0) is 17.4 Å². The Morgan fingerprint density at radius 3 is 1.96 bits per heavy atom. The molecule has 0 spiro atoms. The van der Waals surface area contributed by atoms with Gasteiger partial charge in [0.25, 0.3) is 0 Å². The van der Waals surface area contributed by atoms with Gasteiger partial charge in [-0.05, 0) is 40.8 Å². The van der Waals surface area contributed by atoms with E-state index in [1.807, 2.05) is 31.2 Å². The van der Waals surface area contributed by atoms with Crippen molar-refractivity contribution in [1.29, 1.82) is 0 Å². The highest BCUT2D eigenvalue weighted by Gasteiger charge is 2.30. The van der Waals surface area contributed by atoms with Crippen molar-refractivity contribution in [1.82, 2.24) is 0 Å². The van der Waals surface area contributed by atoms with Crippen molar-refractivity contribution in [3.63, 3.8) is 0 Å². The van der Waals surface area contributed by atoms with E-state index in [-0.39, 0.29) is 0 Å². The summed E-state index contributed by atoms with van der Waals surface area (Å²) in [6.45, 7) is 2.03. The molecule has 0 aliphatic carbocycles. The molecule has 25 heavy (non-hydrogen) atoms. The Morgan fingerprint density at radius 2 is 1.52 bits per heavy atom. The van der Waals surface area contributed by atoms with Crippen LogP contribution in [0.15, 0.2) is 66.8 Å². The van der Waals surface area contributed by atoms with Crippen molar-refractivity contribution in [2.75, 3.05) is 0 Å². The summed E-state index contributed by atoms with van der Waals surface area (Å²) in [5, 5.41) is 8.72. The van der Waals surface area contributed by atoms with Crippen LogP contribution < -0.4 is 0 Å². The number of carboxylic acid groups (broad SMARTS) is 1. The van der Waals surface area contributed by atoms with E-state index in [1.54, 1.807) is 6.08 Å². The second kappa shape index (κ2) is 7.83. The summed E-state index contributed by atoms with van der Waals surface area (Å²) < 4.78 is 38.2. The van der Waals surface area contributed by atoms with Crippen LogP contribution in [0.3, 0.4) is 0 Å². The maximum Gasteiger partial charge on any atom is 0.416 e. The van der Waals surface area contributed by atoms with Crippen molar-refractivity contribution < 1.29 is 23.1 Å². The van der Waals surface area contributed by atoms with E-state index in [1.165, 1.54) is 18.2 Å². The molecule has 0 aliphatic rings. The van der Waals surface area contributed by atoms with Crippen molar-refractivity contribution >= 4 is 11.5 Å². The summed E-state index contributed by atoms with van der Waals surface area (Å²) in [6.07, 6.45) is 0.401. The van der Waals surface area contributed by atoms with E-state index in [0.717, 1.165) is 35.8 Å². The quantitative estimate of drug-likeness (QED) is 0.586. The molecule has 5 heteroatoms. The number of aliphatic carboxylic acids is 1. The van der Waals surface area contributed by atoms with Crippen molar-refractivity contribution in [3.8, 4) is 0 Å². The average Bonchev–Trinajstić information content (AvgIpc) is 2.58. The number of allylic oxidation sites excluding steroid dienone is 2. The Hall–Kier alpha value is -2.82. The van der Waals surface area contributed by atoms with Gasteiger partial charge in [-0.15, -0.1) is 0 Å². The third-order valence-corrected chi connectivity index (χ3v) is 3.70. The molecule has 0 aliphatic heterocycles. The molecule has 0 saturated heterocycles. The normalized spacial score (nSPS) is 12.6. The number of benzene rings is 2. The zero-order chi connectivity index (χ0) is 18.4. The fraction of sp³-hybridized carbons (Fsp3) is 0.150. The molecule has 130 valence electrons. The lowest BCUT2D eigenvalue weighted by Gasteiger charge is -2.11. The molecule has 0 saturated carbocycles. The SMILES string of the molecule is CCc1ccc(C(=CC=CC(=O)O)c2ccc(C(F)(F)F)cc2)cc1. The van der Waals surface area contributed by atoms with Gasteiger partial charge in [-0.3, -0.25) is 0 Å². The van der Waals surface area contributed by atoms with Crippen LogP contribution in [0.1, 0.15) is 29.2 Å². The van der Waals surface area contributed by atoms with Crippen molar-refractivity contribution in [2.45, 2.75) is 19.5 Å². The Bertz CT molecular complexity index is 783. The van der Waals surface area contributed by atoms with Gasteiger partial charge in [-0.1, -0.05) is 55.5 Å². The standard InChI is InChI=1S/C20H17F3O2/c1-2-14-6-8-15(9-7-14)18(4-3-5-19(24)25)16-10-12-17(13-11-16)20(21,22)23/h3-13H,2H2,1H3,(H,24,25). The minimum Gasteiger partial charge on any atom is -0.478 e. The number of carboxylic acids is 1. The van der Waals surface area contributed by atoms with Crippen LogP contribution in [0.5, 0.6) is 0 Å². The topological polar surface area (TPSA) is 37.3 Å². The third-order valence-electron chi connectivity index (χ3n) is 3.70. The van der Waals surface area contributed by atoms with Gasteiger partial charge in [-0.25, -0.2) is 4.79 Å². The Morgan fingerprint density at radius 1 is 1.00 bits per heavy atom. The molecule has 1 N–H and O–H groups in total. The van der Waals surface area contributed by atoms with Crippen molar-refractivity contribution in [3.05, 3.63) is 89.0 Å². The Kier molecular flexibility index (Phi) is 5.80. The number of carbonyl (C=O) groups is 1. The zero-order valence-corrected chi connectivity index (χ0v) is 13.5. The monoisotopic (exact) mass is 346 g/mol. The minimum absolute atomic E-state index is 0.576. The van der Waals surface area contributed by atoms with Gasteiger partial charge in [0.2, 0.25) is 0 Å². The lowest BCUT2D eigenvalue weighted by Crippen LogP contribution is -2.04. The van der Waals surface area contributed by atoms with E-state index in [0.29, 0.717) is 11.1 Å². The first-order valence-corrected chi connectivity index (χ1v) is 7.69. The van der Waals surface area contributed by atoms with Crippen LogP contribution in [-0.4, -0.2) is 11.1 Å². The molecule has 2 nitrogen and oxygen atoms in total. The van der Waals surface area contributed by atoms with Gasteiger partial charge in [0.05, 0.1) is 5.56 Å². The smallest absolute Gasteiger partial charge is 0.416 e. The minimum atomic E-state index is -4.39. The Balaban J connectivity index is 2.45. The van der Waals surface area contributed by atoms with Gasteiger partial charge in [0.15, 0.2) is 0 Å². The van der Waals surface area contributed by atoms with E-state index < -0.39 is 17.7 Å². The molecule has 0 bridgehead atoms. The fourth-order valence-corrected chi connectivity index (χ4v) is 2.34. The molecule has 0 radical (unpaired) electrons. The summed E-state index contributed by atoms with van der Waals surface area (Å²) >= 11 is 0. The highest BCUT2D eigenvalue weighted by molar-refractivity contribution is 5.84. The van der Waals surface area contributed by atoms with Crippen LogP contribution >= 0.6 is 0 Å². The molecule has 0 heterocycles. The summed E-state index contributed by atoms with van der Waals surface area (Å²) in [4.78, 5) is 10.7. The predicted molar refractivity (Wildman–Crippen MR) is 91.1 cm³/mol. The lowest BCUT2D eigenvalue weighted by molar-refractivity contribution is -0.137. The maximum absolute atomic E-state index is 12.7. The number of hydrogen-bond acceptors (Lipinski definition) is 1. The summed E-state index contributed by atoms with van der Waals surface area (Å²) in [5.74, 6) is -1.09. The Labute approximate surface area is 143 Å². The van der Waals surface area contributed by atoms with Crippen LogP contribution in [0, 0.1) is 0 Å². The zero-order valence-electron chi connectivity index (χ0n) is 13.5. The molecule has 2 aromatic rings. The third kappa shape index (κ3) is 5.08. The highest BCUT2D eigenvalue weighted by Crippen LogP contribution is 2.31.